The van der Waals surface area contributed by atoms with Crippen molar-refractivity contribution < 1.29 is 19.4 Å². The molecule has 0 unspecified atom stereocenters. The summed E-state index contributed by atoms with van der Waals surface area (Å²) in [6.07, 6.45) is 5.51. The Labute approximate surface area is 206 Å². The van der Waals surface area contributed by atoms with E-state index in [0.717, 1.165) is 54.3 Å². The van der Waals surface area contributed by atoms with Gasteiger partial charge in [-0.3, -0.25) is 9.48 Å². The molecule has 8 nitrogen and oxygen atoms in total. The Kier molecular flexibility index (Phi) is 7.12. The molecule has 0 atom stereocenters. The largest absolute Gasteiger partial charge is 0.481 e. The van der Waals surface area contributed by atoms with Crippen LogP contribution < -0.4 is 10.1 Å². The van der Waals surface area contributed by atoms with Crippen LogP contribution in [0.15, 0.2) is 42.7 Å². The van der Waals surface area contributed by atoms with Crippen molar-refractivity contribution >= 4 is 17.5 Å². The zero-order valence-electron chi connectivity index (χ0n) is 21.0. The number of carboxylic acids is 1. The van der Waals surface area contributed by atoms with Crippen molar-refractivity contribution in [3.05, 3.63) is 59.5 Å². The van der Waals surface area contributed by atoms with Crippen molar-refractivity contribution in [2.24, 2.45) is 0 Å². The van der Waals surface area contributed by atoms with Gasteiger partial charge in [0, 0.05) is 43.1 Å². The van der Waals surface area contributed by atoms with E-state index >= 15 is 0 Å². The zero-order chi connectivity index (χ0) is 25.2. The van der Waals surface area contributed by atoms with Gasteiger partial charge in [-0.1, -0.05) is 6.07 Å². The summed E-state index contributed by atoms with van der Waals surface area (Å²) in [6.45, 7) is 11.0. The number of hydrogen-bond donors (Lipinski definition) is 2. The Hall–Kier alpha value is -3.39. The molecule has 0 amide bonds. The number of nitrogens with one attached hydrogen (secondary N) is 1. The Morgan fingerprint density at radius 3 is 2.66 bits per heavy atom. The van der Waals surface area contributed by atoms with Gasteiger partial charge in [0.25, 0.3) is 0 Å². The Balaban J connectivity index is 1.58. The summed E-state index contributed by atoms with van der Waals surface area (Å²) in [5.41, 5.74) is 2.43. The van der Waals surface area contributed by atoms with E-state index < -0.39 is 11.4 Å². The van der Waals surface area contributed by atoms with Gasteiger partial charge >= 0.3 is 5.97 Å². The molecule has 3 heterocycles. The Bertz CT molecular complexity index is 1200. The normalized spacial score (nSPS) is 14.8. The van der Waals surface area contributed by atoms with Crippen molar-refractivity contribution in [2.45, 2.75) is 64.8 Å². The molecular formula is C27H34N4O4. The first kappa shape index (κ1) is 24.7. The number of hydrogen-bond acceptors (Lipinski definition) is 6. The van der Waals surface area contributed by atoms with Crippen LogP contribution in [0, 0.1) is 6.92 Å². The highest BCUT2D eigenvalue weighted by molar-refractivity contribution is 5.81. The highest BCUT2D eigenvalue weighted by Crippen LogP contribution is 2.36. The lowest BCUT2D eigenvalue weighted by molar-refractivity contribution is -0.142. The number of aliphatic carboxylic acids is 1. The molecule has 4 rings (SSSR count). The number of aryl methyl sites for hydroxylation is 1. The Morgan fingerprint density at radius 2 is 1.97 bits per heavy atom. The first-order valence-electron chi connectivity index (χ1n) is 12.1. The fourth-order valence-electron chi connectivity index (χ4n) is 4.14. The molecule has 0 aliphatic carbocycles. The minimum atomic E-state index is -1.00. The minimum Gasteiger partial charge on any atom is -0.481 e. The van der Waals surface area contributed by atoms with Crippen LogP contribution in [0.3, 0.4) is 0 Å². The minimum absolute atomic E-state index is 0.228. The molecule has 0 spiro atoms. The average Bonchev–Trinajstić information content (AvgIpc) is 3.23. The van der Waals surface area contributed by atoms with Crippen LogP contribution in [-0.2, 0) is 14.9 Å². The summed E-state index contributed by atoms with van der Waals surface area (Å²) < 4.78 is 13.8. The zero-order valence-corrected chi connectivity index (χ0v) is 21.0. The predicted molar refractivity (Wildman–Crippen MR) is 135 cm³/mol. The molecule has 3 aromatic rings. The van der Waals surface area contributed by atoms with Gasteiger partial charge in [0.1, 0.15) is 17.3 Å². The maximum atomic E-state index is 11.7. The maximum absolute atomic E-state index is 11.7. The summed E-state index contributed by atoms with van der Waals surface area (Å²) in [6, 6.07) is 9.60. The van der Waals surface area contributed by atoms with E-state index in [1.54, 1.807) is 20.0 Å². The van der Waals surface area contributed by atoms with Gasteiger partial charge in [0.05, 0.1) is 11.6 Å². The Morgan fingerprint density at radius 1 is 1.23 bits per heavy atom. The van der Waals surface area contributed by atoms with Crippen LogP contribution in [0.4, 0.5) is 11.5 Å². The summed E-state index contributed by atoms with van der Waals surface area (Å²) in [7, 11) is 0. The first-order chi connectivity index (χ1) is 16.6. The van der Waals surface area contributed by atoms with E-state index in [-0.39, 0.29) is 6.04 Å². The molecule has 1 fully saturated rings. The second-order valence-electron chi connectivity index (χ2n) is 9.96. The quantitative estimate of drug-likeness (QED) is 0.412. The van der Waals surface area contributed by atoms with Crippen molar-refractivity contribution in [3.63, 3.8) is 0 Å². The fourth-order valence-corrected chi connectivity index (χ4v) is 4.14. The molecule has 8 heteroatoms. The van der Waals surface area contributed by atoms with Crippen LogP contribution >= 0.6 is 0 Å². The van der Waals surface area contributed by atoms with E-state index in [9.17, 15) is 9.90 Å². The van der Waals surface area contributed by atoms with Crippen molar-refractivity contribution in [1.82, 2.24) is 14.8 Å². The number of carboxylic acid groups (broad SMARTS) is 1. The average molecular weight is 479 g/mol. The SMILES string of the molecule is Cc1cc(Nc2cc(Oc3cn(C(C)C)nc3C3CCOCC3)ccn2)cc(C(C)(C)C(=O)O)c1. The second-order valence-corrected chi connectivity index (χ2v) is 9.96. The van der Waals surface area contributed by atoms with Crippen LogP contribution in [0.5, 0.6) is 11.5 Å². The van der Waals surface area contributed by atoms with Gasteiger partial charge in [-0.2, -0.15) is 5.10 Å². The van der Waals surface area contributed by atoms with Gasteiger partial charge in [-0.15, -0.1) is 0 Å². The molecule has 0 bridgehead atoms. The molecule has 1 aromatic carbocycles. The first-order valence-corrected chi connectivity index (χ1v) is 12.1. The van der Waals surface area contributed by atoms with Gasteiger partial charge in [0.15, 0.2) is 5.75 Å². The van der Waals surface area contributed by atoms with E-state index in [1.165, 1.54) is 0 Å². The van der Waals surface area contributed by atoms with E-state index in [4.69, 9.17) is 14.6 Å². The second kappa shape index (κ2) is 10.1. The lowest BCUT2D eigenvalue weighted by Gasteiger charge is -2.22. The van der Waals surface area contributed by atoms with E-state index in [1.807, 2.05) is 48.1 Å². The van der Waals surface area contributed by atoms with E-state index in [2.05, 4.69) is 24.1 Å². The number of benzene rings is 1. The molecule has 35 heavy (non-hydrogen) atoms. The third-order valence-corrected chi connectivity index (χ3v) is 6.43. The monoisotopic (exact) mass is 478 g/mol. The van der Waals surface area contributed by atoms with Gasteiger partial charge in [0.2, 0.25) is 0 Å². The van der Waals surface area contributed by atoms with Crippen molar-refractivity contribution in [1.29, 1.82) is 0 Å². The molecule has 2 N–H and O–H groups in total. The van der Waals surface area contributed by atoms with Crippen molar-refractivity contribution in [3.8, 4) is 11.5 Å². The molecule has 186 valence electrons. The molecule has 1 saturated heterocycles. The summed E-state index contributed by atoms with van der Waals surface area (Å²) >= 11 is 0. The standard InChI is InChI=1S/C27H34N4O4/c1-17(2)31-16-23(25(30-31)19-7-10-34-11-8-19)35-22-6-9-28-24(15-22)29-21-13-18(3)12-20(14-21)27(4,5)26(32)33/h6,9,12-17,19H,7-8,10-11H2,1-5H3,(H,28,29)(H,32,33). The number of ether oxygens (including phenoxy) is 2. The van der Waals surface area contributed by atoms with Crippen LogP contribution in [-0.4, -0.2) is 39.1 Å². The topological polar surface area (TPSA) is 98.5 Å². The molecule has 1 aliphatic heterocycles. The lowest BCUT2D eigenvalue weighted by Crippen LogP contribution is -2.28. The number of aromatic nitrogens is 3. The van der Waals surface area contributed by atoms with Gasteiger partial charge < -0.3 is 19.9 Å². The number of carbonyl (C=O) groups is 1. The predicted octanol–water partition coefficient (Wildman–Crippen LogP) is 5.96. The van der Waals surface area contributed by atoms with Gasteiger partial charge in [-0.05, 0) is 76.8 Å². The number of nitrogens with zero attached hydrogens (tertiary/aromatic N) is 3. The maximum Gasteiger partial charge on any atom is 0.313 e. The van der Waals surface area contributed by atoms with Crippen LogP contribution in [0.1, 0.15) is 69.3 Å². The molecular weight excluding hydrogens is 444 g/mol. The number of anilines is 2. The number of rotatable bonds is 8. The summed E-state index contributed by atoms with van der Waals surface area (Å²) in [4.78, 5) is 16.2. The summed E-state index contributed by atoms with van der Waals surface area (Å²) in [5, 5.41) is 17.8. The molecule has 2 aromatic heterocycles. The molecule has 0 radical (unpaired) electrons. The van der Waals surface area contributed by atoms with Crippen molar-refractivity contribution in [2.75, 3.05) is 18.5 Å². The van der Waals surface area contributed by atoms with Gasteiger partial charge in [-0.25, -0.2) is 4.98 Å². The summed E-state index contributed by atoms with van der Waals surface area (Å²) in [5.74, 6) is 1.45. The third kappa shape index (κ3) is 5.65. The van der Waals surface area contributed by atoms with Crippen LogP contribution in [0.25, 0.3) is 0 Å². The lowest BCUT2D eigenvalue weighted by atomic mass is 9.84. The molecule has 1 aliphatic rings. The van der Waals surface area contributed by atoms with E-state index in [0.29, 0.717) is 17.5 Å². The molecule has 0 saturated carbocycles. The fraction of sp³-hybridized carbons (Fsp3) is 0.444. The van der Waals surface area contributed by atoms with Crippen LogP contribution in [0.2, 0.25) is 0 Å². The number of pyridine rings is 1. The highest BCUT2D eigenvalue weighted by Gasteiger charge is 2.30. The smallest absolute Gasteiger partial charge is 0.313 e. The highest BCUT2D eigenvalue weighted by atomic mass is 16.5. The third-order valence-electron chi connectivity index (χ3n) is 6.43.